The fourth-order valence-corrected chi connectivity index (χ4v) is 2.10. The Balaban J connectivity index is 2.32. The normalized spacial score (nSPS) is 11.0. The minimum atomic E-state index is -0.268. The van der Waals surface area contributed by atoms with E-state index in [1.54, 1.807) is 6.07 Å². The van der Waals surface area contributed by atoms with Gasteiger partial charge in [0, 0.05) is 17.4 Å². The molecular weight excluding hydrogens is 229 g/mol. The van der Waals surface area contributed by atoms with Gasteiger partial charge in [0.2, 0.25) is 0 Å². The number of anilines is 1. The molecular formula is C14H12FN3. The molecule has 0 spiro atoms. The molecule has 1 aromatic carbocycles. The third-order valence-corrected chi connectivity index (χ3v) is 2.94. The summed E-state index contributed by atoms with van der Waals surface area (Å²) in [5.41, 5.74) is 8.85. The number of pyridine rings is 1. The Morgan fingerprint density at radius 2 is 2.06 bits per heavy atom. The van der Waals surface area contributed by atoms with Crippen LogP contribution in [0.3, 0.4) is 0 Å². The van der Waals surface area contributed by atoms with Crippen LogP contribution in [0.2, 0.25) is 0 Å². The summed E-state index contributed by atoms with van der Waals surface area (Å²) in [6, 6.07) is 10.1. The zero-order valence-electron chi connectivity index (χ0n) is 9.89. The Morgan fingerprint density at radius 1 is 1.22 bits per heavy atom. The molecule has 3 aromatic rings. The molecule has 0 atom stereocenters. The van der Waals surface area contributed by atoms with E-state index in [2.05, 4.69) is 4.98 Å². The van der Waals surface area contributed by atoms with Gasteiger partial charge in [0.05, 0.1) is 11.2 Å². The van der Waals surface area contributed by atoms with Gasteiger partial charge in [0.1, 0.15) is 11.6 Å². The number of nitrogens with zero attached hydrogens (tertiary/aromatic N) is 2. The molecule has 2 heterocycles. The van der Waals surface area contributed by atoms with Crippen molar-refractivity contribution in [3.05, 3.63) is 54.2 Å². The average Bonchev–Trinajstić information content (AvgIpc) is 2.66. The van der Waals surface area contributed by atoms with Crippen molar-refractivity contribution in [1.29, 1.82) is 0 Å². The number of hydrogen-bond donors (Lipinski definition) is 1. The summed E-state index contributed by atoms with van der Waals surface area (Å²) >= 11 is 0. The van der Waals surface area contributed by atoms with Crippen LogP contribution >= 0.6 is 0 Å². The molecule has 0 aliphatic heterocycles. The lowest BCUT2D eigenvalue weighted by molar-refractivity contribution is 0.628. The Labute approximate surface area is 104 Å². The van der Waals surface area contributed by atoms with Crippen molar-refractivity contribution < 1.29 is 4.39 Å². The van der Waals surface area contributed by atoms with Crippen molar-refractivity contribution in [3.8, 4) is 11.3 Å². The molecule has 3 rings (SSSR count). The first-order valence-electron chi connectivity index (χ1n) is 5.65. The lowest BCUT2D eigenvalue weighted by Gasteiger charge is -2.00. The molecule has 0 fully saturated rings. The average molecular weight is 241 g/mol. The first kappa shape index (κ1) is 10.8. The van der Waals surface area contributed by atoms with E-state index in [0.717, 1.165) is 22.6 Å². The second-order valence-electron chi connectivity index (χ2n) is 4.23. The Bertz CT molecular complexity index is 731. The van der Waals surface area contributed by atoms with Crippen LogP contribution in [0, 0.1) is 12.7 Å². The first-order chi connectivity index (χ1) is 8.65. The molecule has 18 heavy (non-hydrogen) atoms. The van der Waals surface area contributed by atoms with Crippen LogP contribution in [-0.4, -0.2) is 9.38 Å². The monoisotopic (exact) mass is 241 g/mol. The number of aromatic nitrogens is 2. The van der Waals surface area contributed by atoms with Crippen molar-refractivity contribution in [2.24, 2.45) is 0 Å². The summed E-state index contributed by atoms with van der Waals surface area (Å²) in [6.45, 7) is 1.91. The number of benzene rings is 1. The Kier molecular flexibility index (Phi) is 2.30. The van der Waals surface area contributed by atoms with Crippen molar-refractivity contribution in [1.82, 2.24) is 9.38 Å². The van der Waals surface area contributed by atoms with Gasteiger partial charge in [-0.2, -0.15) is 0 Å². The SMILES string of the molecule is Cc1nc(-c2cccc(F)c2)c2cc(N)ccn12. The van der Waals surface area contributed by atoms with Crippen LogP contribution in [0.5, 0.6) is 0 Å². The maximum absolute atomic E-state index is 13.3. The van der Waals surface area contributed by atoms with Crippen LogP contribution in [0.25, 0.3) is 16.8 Å². The molecule has 0 aliphatic rings. The number of nitrogen functional groups attached to an aromatic ring is 1. The summed E-state index contributed by atoms with van der Waals surface area (Å²) in [7, 11) is 0. The van der Waals surface area contributed by atoms with E-state index < -0.39 is 0 Å². The quantitative estimate of drug-likeness (QED) is 0.711. The molecule has 0 aliphatic carbocycles. The topological polar surface area (TPSA) is 43.3 Å². The highest BCUT2D eigenvalue weighted by atomic mass is 19.1. The second kappa shape index (κ2) is 3.84. The molecule has 4 heteroatoms. The molecule has 0 saturated carbocycles. The highest BCUT2D eigenvalue weighted by Gasteiger charge is 2.10. The summed E-state index contributed by atoms with van der Waals surface area (Å²) in [5.74, 6) is 0.583. The lowest BCUT2D eigenvalue weighted by Crippen LogP contribution is -1.90. The van der Waals surface area contributed by atoms with Crippen LogP contribution in [0.15, 0.2) is 42.6 Å². The molecule has 2 aromatic heterocycles. The molecule has 0 unspecified atom stereocenters. The van der Waals surface area contributed by atoms with Gasteiger partial charge in [0.25, 0.3) is 0 Å². The van der Waals surface area contributed by atoms with Gasteiger partial charge in [-0.05, 0) is 31.2 Å². The molecule has 0 saturated heterocycles. The maximum atomic E-state index is 13.3. The third kappa shape index (κ3) is 1.62. The minimum absolute atomic E-state index is 0.268. The van der Waals surface area contributed by atoms with Gasteiger partial charge in [-0.25, -0.2) is 9.37 Å². The lowest BCUT2D eigenvalue weighted by atomic mass is 10.1. The number of nitrogens with two attached hydrogens (primary N) is 1. The standard InChI is InChI=1S/C14H12FN3/c1-9-17-14(10-3-2-4-11(15)7-10)13-8-12(16)5-6-18(9)13/h2-8H,16H2,1H3. The van der Waals surface area contributed by atoms with Gasteiger partial charge in [-0.15, -0.1) is 0 Å². The maximum Gasteiger partial charge on any atom is 0.123 e. The van der Waals surface area contributed by atoms with Crippen LogP contribution < -0.4 is 5.73 Å². The summed E-state index contributed by atoms with van der Waals surface area (Å²) in [4.78, 5) is 4.48. The largest absolute Gasteiger partial charge is 0.399 e. The molecule has 0 bridgehead atoms. The van der Waals surface area contributed by atoms with Gasteiger partial charge >= 0.3 is 0 Å². The van der Waals surface area contributed by atoms with E-state index in [1.807, 2.05) is 35.7 Å². The van der Waals surface area contributed by atoms with Crippen LogP contribution in [0.1, 0.15) is 5.82 Å². The van der Waals surface area contributed by atoms with Crippen LogP contribution in [-0.2, 0) is 0 Å². The number of rotatable bonds is 1. The third-order valence-electron chi connectivity index (χ3n) is 2.94. The Morgan fingerprint density at radius 3 is 2.83 bits per heavy atom. The van der Waals surface area contributed by atoms with E-state index in [0.29, 0.717) is 5.69 Å². The Hall–Kier alpha value is -2.36. The van der Waals surface area contributed by atoms with Crippen LogP contribution in [0.4, 0.5) is 10.1 Å². The molecule has 90 valence electrons. The van der Waals surface area contributed by atoms with Crippen molar-refractivity contribution in [2.45, 2.75) is 6.92 Å². The fourth-order valence-electron chi connectivity index (χ4n) is 2.10. The zero-order chi connectivity index (χ0) is 12.7. The summed E-state index contributed by atoms with van der Waals surface area (Å²) in [5, 5.41) is 0. The van der Waals surface area contributed by atoms with Crippen molar-refractivity contribution >= 4 is 11.2 Å². The first-order valence-corrected chi connectivity index (χ1v) is 5.65. The highest BCUT2D eigenvalue weighted by Crippen LogP contribution is 2.26. The van der Waals surface area contributed by atoms with Crippen molar-refractivity contribution in [3.63, 3.8) is 0 Å². The van der Waals surface area contributed by atoms with E-state index in [4.69, 9.17) is 5.73 Å². The number of hydrogen-bond acceptors (Lipinski definition) is 2. The van der Waals surface area contributed by atoms with Gasteiger partial charge in [0.15, 0.2) is 0 Å². The minimum Gasteiger partial charge on any atom is -0.399 e. The molecule has 0 radical (unpaired) electrons. The predicted octanol–water partition coefficient (Wildman–Crippen LogP) is 3.03. The second-order valence-corrected chi connectivity index (χ2v) is 4.23. The fraction of sp³-hybridized carbons (Fsp3) is 0.0714. The summed E-state index contributed by atoms with van der Waals surface area (Å²) < 4.78 is 15.2. The number of halogens is 1. The molecule has 2 N–H and O–H groups in total. The van der Waals surface area contributed by atoms with Gasteiger partial charge in [-0.3, -0.25) is 0 Å². The summed E-state index contributed by atoms with van der Waals surface area (Å²) in [6.07, 6.45) is 1.87. The molecule has 3 nitrogen and oxygen atoms in total. The van der Waals surface area contributed by atoms with E-state index in [1.165, 1.54) is 12.1 Å². The zero-order valence-corrected chi connectivity index (χ0v) is 9.89. The predicted molar refractivity (Wildman–Crippen MR) is 69.7 cm³/mol. The van der Waals surface area contributed by atoms with E-state index >= 15 is 0 Å². The highest BCUT2D eigenvalue weighted by molar-refractivity contribution is 5.79. The van der Waals surface area contributed by atoms with E-state index in [9.17, 15) is 4.39 Å². The van der Waals surface area contributed by atoms with Gasteiger partial charge < -0.3 is 10.1 Å². The van der Waals surface area contributed by atoms with E-state index in [-0.39, 0.29) is 5.82 Å². The molecule has 0 amide bonds. The van der Waals surface area contributed by atoms with Gasteiger partial charge in [-0.1, -0.05) is 12.1 Å². The number of imidazole rings is 1. The number of aryl methyl sites for hydroxylation is 1. The smallest absolute Gasteiger partial charge is 0.123 e. The van der Waals surface area contributed by atoms with Crippen molar-refractivity contribution in [2.75, 3.05) is 5.73 Å². The number of fused-ring (bicyclic) bond motifs is 1.